The fourth-order valence-corrected chi connectivity index (χ4v) is 5.37. The second-order valence-electron chi connectivity index (χ2n) is 6.88. The Morgan fingerprint density at radius 2 is 2.19 bits per heavy atom. The highest BCUT2D eigenvalue weighted by molar-refractivity contribution is 7.89. The van der Waals surface area contributed by atoms with Crippen molar-refractivity contribution in [2.45, 2.75) is 36.7 Å². The van der Waals surface area contributed by atoms with Gasteiger partial charge in [0.15, 0.2) is 0 Å². The average Bonchev–Trinajstić information content (AvgIpc) is 3.19. The number of sulfonamides is 1. The largest absolute Gasteiger partial charge is 0.495 e. The van der Waals surface area contributed by atoms with Crippen LogP contribution in [0.4, 0.5) is 0 Å². The van der Waals surface area contributed by atoms with Gasteiger partial charge in [0, 0.05) is 26.2 Å². The van der Waals surface area contributed by atoms with E-state index >= 15 is 0 Å². The molecule has 2 fully saturated rings. The van der Waals surface area contributed by atoms with E-state index < -0.39 is 10.0 Å². The molecule has 2 atom stereocenters. The summed E-state index contributed by atoms with van der Waals surface area (Å²) in [6, 6.07) is 4.39. The summed E-state index contributed by atoms with van der Waals surface area (Å²) in [5.41, 5.74) is 0. The maximum absolute atomic E-state index is 12.9. The summed E-state index contributed by atoms with van der Waals surface area (Å²) in [7, 11) is -2.25. The molecule has 0 bridgehead atoms. The molecule has 150 valence electrons. The first-order valence-electron chi connectivity index (χ1n) is 9.15. The van der Waals surface area contributed by atoms with E-state index in [0.717, 1.165) is 19.4 Å². The Bertz CT molecular complexity index is 780. The fourth-order valence-electron chi connectivity index (χ4n) is 3.50. The molecule has 2 aliphatic heterocycles. The molecule has 0 aliphatic carbocycles. The first-order chi connectivity index (χ1) is 12.9. The van der Waals surface area contributed by atoms with Gasteiger partial charge in [0.05, 0.1) is 29.0 Å². The molecule has 1 aromatic carbocycles. The molecule has 3 rings (SSSR count). The summed E-state index contributed by atoms with van der Waals surface area (Å²) < 4.78 is 37.8. The van der Waals surface area contributed by atoms with Crippen LogP contribution in [0.25, 0.3) is 0 Å². The van der Waals surface area contributed by atoms with Crippen LogP contribution < -0.4 is 10.1 Å². The first kappa shape index (κ1) is 20.4. The highest BCUT2D eigenvalue weighted by atomic mass is 35.5. The lowest BCUT2D eigenvalue weighted by molar-refractivity contribution is -0.126. The highest BCUT2D eigenvalue weighted by Gasteiger charge is 2.33. The van der Waals surface area contributed by atoms with Gasteiger partial charge >= 0.3 is 0 Å². The van der Waals surface area contributed by atoms with Crippen LogP contribution in [0.15, 0.2) is 23.1 Å². The topological polar surface area (TPSA) is 84.9 Å². The number of hydrogen-bond acceptors (Lipinski definition) is 5. The van der Waals surface area contributed by atoms with Crippen LogP contribution in [0, 0.1) is 5.92 Å². The van der Waals surface area contributed by atoms with E-state index in [4.69, 9.17) is 21.1 Å². The molecule has 2 heterocycles. The number of carbonyl (C=O) groups excluding carboxylic acids is 1. The molecular formula is C18H25ClN2O5S. The van der Waals surface area contributed by atoms with Crippen molar-refractivity contribution in [1.82, 2.24) is 9.62 Å². The van der Waals surface area contributed by atoms with Gasteiger partial charge in [-0.15, -0.1) is 0 Å². The molecule has 1 aromatic rings. The van der Waals surface area contributed by atoms with Crippen molar-refractivity contribution in [3.8, 4) is 5.75 Å². The minimum absolute atomic E-state index is 0.0683. The normalized spacial score (nSPS) is 23.9. The highest BCUT2D eigenvalue weighted by Crippen LogP contribution is 2.30. The van der Waals surface area contributed by atoms with Gasteiger partial charge in [-0.25, -0.2) is 8.42 Å². The predicted molar refractivity (Wildman–Crippen MR) is 101 cm³/mol. The van der Waals surface area contributed by atoms with Crippen LogP contribution in [0.2, 0.25) is 5.02 Å². The van der Waals surface area contributed by atoms with Crippen molar-refractivity contribution < 1.29 is 22.7 Å². The monoisotopic (exact) mass is 416 g/mol. The van der Waals surface area contributed by atoms with Crippen LogP contribution in [0.1, 0.15) is 25.7 Å². The van der Waals surface area contributed by atoms with Crippen LogP contribution in [0.5, 0.6) is 5.75 Å². The number of carbonyl (C=O) groups is 1. The van der Waals surface area contributed by atoms with Gasteiger partial charge in [0.25, 0.3) is 0 Å². The number of rotatable bonds is 6. The van der Waals surface area contributed by atoms with Gasteiger partial charge in [-0.05, 0) is 43.9 Å². The number of hydrogen-bond donors (Lipinski definition) is 1. The SMILES string of the molecule is COc1ccc(S(=O)(=O)N2CCC[C@H](C(=O)NC[C@H]3CCCO3)C2)cc1Cl. The van der Waals surface area contributed by atoms with Gasteiger partial charge in [0.2, 0.25) is 15.9 Å². The minimum Gasteiger partial charge on any atom is -0.495 e. The quantitative estimate of drug-likeness (QED) is 0.767. The van der Waals surface area contributed by atoms with Gasteiger partial charge in [0.1, 0.15) is 5.75 Å². The predicted octanol–water partition coefficient (Wildman–Crippen LogP) is 2.04. The van der Waals surface area contributed by atoms with E-state index in [1.54, 1.807) is 0 Å². The zero-order valence-electron chi connectivity index (χ0n) is 15.3. The van der Waals surface area contributed by atoms with E-state index in [1.807, 2.05) is 0 Å². The Hall–Kier alpha value is -1.35. The van der Waals surface area contributed by atoms with Gasteiger partial charge < -0.3 is 14.8 Å². The third-order valence-corrected chi connectivity index (χ3v) is 7.20. The van der Waals surface area contributed by atoms with E-state index in [0.29, 0.717) is 31.7 Å². The van der Waals surface area contributed by atoms with Crippen molar-refractivity contribution in [3.63, 3.8) is 0 Å². The van der Waals surface area contributed by atoms with Crippen LogP contribution in [-0.4, -0.2) is 58.1 Å². The lowest BCUT2D eigenvalue weighted by Gasteiger charge is -2.31. The minimum atomic E-state index is -3.72. The van der Waals surface area contributed by atoms with Crippen molar-refractivity contribution in [1.29, 1.82) is 0 Å². The van der Waals surface area contributed by atoms with Crippen LogP contribution in [-0.2, 0) is 19.6 Å². The Balaban J connectivity index is 1.65. The second-order valence-corrected chi connectivity index (χ2v) is 9.22. The molecule has 27 heavy (non-hydrogen) atoms. The van der Waals surface area contributed by atoms with E-state index in [9.17, 15) is 13.2 Å². The second kappa shape index (κ2) is 8.77. The number of methoxy groups -OCH3 is 1. The Kier molecular flexibility index (Phi) is 6.62. The van der Waals surface area contributed by atoms with Crippen molar-refractivity contribution in [2.24, 2.45) is 5.92 Å². The van der Waals surface area contributed by atoms with Gasteiger partial charge in [-0.2, -0.15) is 4.31 Å². The summed E-state index contributed by atoms with van der Waals surface area (Å²) in [4.78, 5) is 12.6. The number of ether oxygens (including phenoxy) is 2. The molecule has 0 unspecified atom stereocenters. The zero-order chi connectivity index (χ0) is 19.4. The van der Waals surface area contributed by atoms with E-state index in [2.05, 4.69) is 5.32 Å². The van der Waals surface area contributed by atoms with Crippen molar-refractivity contribution in [2.75, 3.05) is 33.4 Å². The van der Waals surface area contributed by atoms with Gasteiger partial charge in [-0.1, -0.05) is 11.6 Å². The standard InChI is InChI=1S/C18H25ClN2O5S/c1-25-17-7-6-15(10-16(17)19)27(23,24)21-8-2-4-13(12-21)18(22)20-11-14-5-3-9-26-14/h6-7,10,13-14H,2-5,8-9,11-12H2,1H3,(H,20,22)/t13-,14+/m0/s1. The molecule has 0 radical (unpaired) electrons. The number of nitrogens with one attached hydrogen (secondary N) is 1. The third kappa shape index (κ3) is 4.74. The number of nitrogens with zero attached hydrogens (tertiary/aromatic N) is 1. The molecule has 1 N–H and O–H groups in total. The van der Waals surface area contributed by atoms with Crippen molar-refractivity contribution >= 4 is 27.5 Å². The summed E-state index contributed by atoms with van der Waals surface area (Å²) in [6.07, 6.45) is 3.34. The Morgan fingerprint density at radius 3 is 2.85 bits per heavy atom. The smallest absolute Gasteiger partial charge is 0.243 e. The molecule has 0 saturated carbocycles. The molecule has 9 heteroatoms. The summed E-state index contributed by atoms with van der Waals surface area (Å²) in [5.74, 6) is -0.0533. The van der Waals surface area contributed by atoms with Crippen LogP contribution in [0.3, 0.4) is 0 Å². The molecule has 2 aliphatic rings. The Morgan fingerprint density at radius 1 is 1.37 bits per heavy atom. The number of amides is 1. The van der Waals surface area contributed by atoms with Crippen LogP contribution >= 0.6 is 11.6 Å². The lowest BCUT2D eigenvalue weighted by atomic mass is 9.99. The van der Waals surface area contributed by atoms with Gasteiger partial charge in [-0.3, -0.25) is 4.79 Å². The Labute approximate surface area is 165 Å². The summed E-state index contributed by atoms with van der Waals surface area (Å²) in [6.45, 7) is 1.78. The molecular weight excluding hydrogens is 392 g/mol. The summed E-state index contributed by atoms with van der Waals surface area (Å²) in [5, 5.41) is 3.14. The fraction of sp³-hybridized carbons (Fsp3) is 0.611. The maximum atomic E-state index is 12.9. The molecule has 7 nitrogen and oxygen atoms in total. The molecule has 0 aromatic heterocycles. The zero-order valence-corrected chi connectivity index (χ0v) is 16.9. The van der Waals surface area contributed by atoms with E-state index in [1.165, 1.54) is 29.6 Å². The molecule has 0 spiro atoms. The summed E-state index contributed by atoms with van der Waals surface area (Å²) >= 11 is 6.07. The first-order valence-corrected chi connectivity index (χ1v) is 11.0. The van der Waals surface area contributed by atoms with E-state index in [-0.39, 0.29) is 34.4 Å². The maximum Gasteiger partial charge on any atom is 0.243 e. The molecule has 1 amide bonds. The number of halogens is 1. The lowest BCUT2D eigenvalue weighted by Crippen LogP contribution is -2.46. The van der Waals surface area contributed by atoms with Crippen molar-refractivity contribution in [3.05, 3.63) is 23.2 Å². The number of piperidine rings is 1. The number of benzene rings is 1. The average molecular weight is 417 g/mol. The molecule has 2 saturated heterocycles. The third-order valence-electron chi connectivity index (χ3n) is 5.04.